The highest BCUT2D eigenvalue weighted by Crippen LogP contribution is 2.62. The number of carbonyl (C=O) groups excluding carboxylic acids is 1. The van der Waals surface area contributed by atoms with Crippen LogP contribution in [0.3, 0.4) is 0 Å². The molecular formula is C22H37NO5. The van der Waals surface area contributed by atoms with Crippen molar-refractivity contribution in [2.45, 2.75) is 77.3 Å². The monoisotopic (exact) mass is 395 g/mol. The number of hydrogen-bond acceptors (Lipinski definition) is 5. The minimum absolute atomic E-state index is 0.0221. The Hall–Kier alpha value is -0.690. The van der Waals surface area contributed by atoms with Crippen molar-refractivity contribution in [2.24, 2.45) is 22.7 Å². The van der Waals surface area contributed by atoms with Crippen molar-refractivity contribution >= 4 is 5.91 Å². The molecule has 6 heteroatoms. The molecular weight excluding hydrogens is 358 g/mol. The minimum Gasteiger partial charge on any atom is -0.393 e. The Morgan fingerprint density at radius 2 is 1.93 bits per heavy atom. The molecule has 1 unspecified atom stereocenters. The summed E-state index contributed by atoms with van der Waals surface area (Å²) in [6, 6.07) is 0. The molecule has 2 saturated heterocycles. The minimum atomic E-state index is -0.389. The number of aliphatic hydroxyl groups excluding tert-OH is 1. The van der Waals surface area contributed by atoms with Crippen LogP contribution < -0.4 is 0 Å². The molecule has 0 bridgehead atoms. The molecule has 4 fully saturated rings. The highest BCUT2D eigenvalue weighted by Gasteiger charge is 2.61. The maximum absolute atomic E-state index is 12.9. The Kier molecular flexibility index (Phi) is 5.78. The fourth-order valence-electron chi connectivity index (χ4n) is 6.79. The first-order valence-electron chi connectivity index (χ1n) is 11.1. The van der Waals surface area contributed by atoms with Crippen LogP contribution in [0, 0.1) is 22.7 Å². The van der Waals surface area contributed by atoms with E-state index in [2.05, 4.69) is 13.8 Å². The zero-order chi connectivity index (χ0) is 19.9. The number of likely N-dealkylation sites (tertiary alicyclic amines) is 1. The lowest BCUT2D eigenvalue weighted by Crippen LogP contribution is -2.63. The first-order chi connectivity index (χ1) is 13.4. The first-order valence-corrected chi connectivity index (χ1v) is 11.1. The van der Waals surface area contributed by atoms with Gasteiger partial charge >= 0.3 is 0 Å². The van der Waals surface area contributed by atoms with E-state index in [1.807, 2.05) is 4.90 Å². The predicted octanol–water partition coefficient (Wildman–Crippen LogP) is 2.58. The molecule has 4 rings (SSSR count). The molecule has 4 aliphatic rings. The smallest absolute Gasteiger partial charge is 0.222 e. The van der Waals surface area contributed by atoms with Crippen LogP contribution in [0.2, 0.25) is 0 Å². The summed E-state index contributed by atoms with van der Waals surface area (Å²) >= 11 is 0. The second-order valence-electron chi connectivity index (χ2n) is 9.97. The maximum Gasteiger partial charge on any atom is 0.222 e. The van der Waals surface area contributed by atoms with Crippen LogP contribution in [0.25, 0.3) is 0 Å². The van der Waals surface area contributed by atoms with E-state index in [0.717, 1.165) is 51.6 Å². The Morgan fingerprint density at radius 3 is 2.64 bits per heavy atom. The molecule has 2 heterocycles. The van der Waals surface area contributed by atoms with E-state index in [0.29, 0.717) is 25.6 Å². The second-order valence-corrected chi connectivity index (χ2v) is 9.97. The van der Waals surface area contributed by atoms with E-state index < -0.39 is 0 Å². The van der Waals surface area contributed by atoms with Gasteiger partial charge < -0.3 is 24.2 Å². The van der Waals surface area contributed by atoms with Crippen molar-refractivity contribution in [3.8, 4) is 0 Å². The maximum atomic E-state index is 12.9. The molecule has 0 aromatic carbocycles. The van der Waals surface area contributed by atoms with Gasteiger partial charge in [0.25, 0.3) is 0 Å². The number of amides is 1. The highest BCUT2D eigenvalue weighted by molar-refractivity contribution is 5.76. The zero-order valence-corrected chi connectivity index (χ0v) is 17.7. The van der Waals surface area contributed by atoms with E-state index in [1.165, 1.54) is 0 Å². The van der Waals surface area contributed by atoms with Gasteiger partial charge in [-0.1, -0.05) is 13.8 Å². The standard InChI is InChI=1S/C22H37NO5/c1-21-9-8-18-22(2,14-27-20(28-18)13-26-3)17(21)7-6-16(24)15(21)12-19(25)23-10-4-5-11-23/h15-18,20,24H,4-14H2,1-3H3/t15-,16-,17?,18-,20-,21+,22+/m1/s1. The second kappa shape index (κ2) is 7.86. The van der Waals surface area contributed by atoms with Crippen LogP contribution in [0.15, 0.2) is 0 Å². The average molecular weight is 396 g/mol. The topological polar surface area (TPSA) is 68.2 Å². The van der Waals surface area contributed by atoms with Gasteiger partial charge in [-0.3, -0.25) is 4.79 Å². The van der Waals surface area contributed by atoms with Gasteiger partial charge in [-0.25, -0.2) is 0 Å². The lowest BCUT2D eigenvalue weighted by atomic mass is 9.46. The number of rotatable bonds is 4. The summed E-state index contributed by atoms with van der Waals surface area (Å²) in [4.78, 5) is 14.9. The molecule has 2 aliphatic carbocycles. The summed E-state index contributed by atoms with van der Waals surface area (Å²) < 4.78 is 17.5. The van der Waals surface area contributed by atoms with Gasteiger partial charge in [-0.2, -0.15) is 0 Å². The molecule has 7 atom stereocenters. The largest absolute Gasteiger partial charge is 0.393 e. The van der Waals surface area contributed by atoms with Gasteiger partial charge in [0.1, 0.15) is 0 Å². The zero-order valence-electron chi connectivity index (χ0n) is 17.7. The summed E-state index contributed by atoms with van der Waals surface area (Å²) in [6.07, 6.45) is 5.86. The predicted molar refractivity (Wildman–Crippen MR) is 105 cm³/mol. The quantitative estimate of drug-likeness (QED) is 0.792. The van der Waals surface area contributed by atoms with E-state index in [9.17, 15) is 9.90 Å². The molecule has 0 aromatic heterocycles. The molecule has 1 amide bonds. The van der Waals surface area contributed by atoms with Crippen molar-refractivity contribution in [1.29, 1.82) is 0 Å². The Labute approximate surface area is 168 Å². The molecule has 2 saturated carbocycles. The van der Waals surface area contributed by atoms with E-state index in [-0.39, 0.29) is 41.2 Å². The van der Waals surface area contributed by atoms with E-state index in [1.54, 1.807) is 7.11 Å². The highest BCUT2D eigenvalue weighted by atomic mass is 16.7. The number of nitrogens with zero attached hydrogens (tertiary/aromatic N) is 1. The normalized spacial score (nSPS) is 46.1. The summed E-state index contributed by atoms with van der Waals surface area (Å²) in [5.41, 5.74) is -0.133. The number of aliphatic hydroxyl groups is 1. The lowest BCUT2D eigenvalue weighted by Gasteiger charge is -2.63. The fraction of sp³-hybridized carbons (Fsp3) is 0.955. The van der Waals surface area contributed by atoms with Gasteiger partial charge in [0.05, 0.1) is 25.4 Å². The lowest BCUT2D eigenvalue weighted by molar-refractivity contribution is -0.316. The van der Waals surface area contributed by atoms with Crippen LogP contribution >= 0.6 is 0 Å². The first kappa shape index (κ1) is 20.6. The molecule has 6 nitrogen and oxygen atoms in total. The summed E-state index contributed by atoms with van der Waals surface area (Å²) in [6.45, 7) is 7.48. The van der Waals surface area contributed by atoms with Crippen molar-refractivity contribution in [3.63, 3.8) is 0 Å². The third-order valence-electron chi connectivity index (χ3n) is 8.39. The van der Waals surface area contributed by atoms with Gasteiger partial charge in [0, 0.05) is 32.0 Å². The molecule has 0 aromatic rings. The molecule has 1 N–H and O–H groups in total. The van der Waals surface area contributed by atoms with E-state index in [4.69, 9.17) is 14.2 Å². The number of hydrogen-bond donors (Lipinski definition) is 1. The fourth-order valence-corrected chi connectivity index (χ4v) is 6.79. The Balaban J connectivity index is 1.53. The molecule has 2 aliphatic heterocycles. The average Bonchev–Trinajstić information content (AvgIpc) is 3.20. The van der Waals surface area contributed by atoms with E-state index >= 15 is 0 Å². The van der Waals surface area contributed by atoms with Crippen LogP contribution in [0.1, 0.15) is 58.8 Å². The molecule has 160 valence electrons. The summed E-state index contributed by atoms with van der Waals surface area (Å²) in [5, 5.41) is 10.9. The molecule has 28 heavy (non-hydrogen) atoms. The van der Waals surface area contributed by atoms with Crippen LogP contribution in [-0.2, 0) is 19.0 Å². The number of fused-ring (bicyclic) bond motifs is 3. The Bertz CT molecular complexity index is 579. The third kappa shape index (κ3) is 3.40. The van der Waals surface area contributed by atoms with Crippen molar-refractivity contribution in [2.75, 3.05) is 33.4 Å². The van der Waals surface area contributed by atoms with Crippen molar-refractivity contribution in [1.82, 2.24) is 4.90 Å². The van der Waals surface area contributed by atoms with Gasteiger partial charge in [0.15, 0.2) is 6.29 Å². The summed E-state index contributed by atoms with van der Waals surface area (Å²) in [5.74, 6) is 0.642. The van der Waals surface area contributed by atoms with Gasteiger partial charge in [0.2, 0.25) is 5.91 Å². The SMILES string of the molecule is COC[C@@H]1OC[C@@]2(C)C3CC[C@@H](O)[C@@H](CC(=O)N4CCCC4)[C@]3(C)CC[C@H]2O1. The molecule has 0 radical (unpaired) electrons. The van der Waals surface area contributed by atoms with Gasteiger partial charge in [-0.05, 0) is 55.8 Å². The molecule has 0 spiro atoms. The summed E-state index contributed by atoms with van der Waals surface area (Å²) in [7, 11) is 1.67. The number of ether oxygens (including phenoxy) is 3. The number of carbonyl (C=O) groups is 1. The van der Waals surface area contributed by atoms with Crippen molar-refractivity contribution in [3.05, 3.63) is 0 Å². The third-order valence-corrected chi connectivity index (χ3v) is 8.39. The number of methoxy groups -OCH3 is 1. The van der Waals surface area contributed by atoms with Crippen LogP contribution in [0.5, 0.6) is 0 Å². The van der Waals surface area contributed by atoms with Crippen LogP contribution in [-0.4, -0.2) is 67.8 Å². The Morgan fingerprint density at radius 1 is 1.18 bits per heavy atom. The van der Waals surface area contributed by atoms with Gasteiger partial charge in [-0.15, -0.1) is 0 Å². The van der Waals surface area contributed by atoms with Crippen molar-refractivity contribution < 1.29 is 24.1 Å². The van der Waals surface area contributed by atoms with Crippen LogP contribution in [0.4, 0.5) is 0 Å².